The molecular formula is C30H52N2S4Zn3+4. The summed E-state index contributed by atoms with van der Waals surface area (Å²) in [5, 5.41) is 2.91. The SMILES string of the molecule is CCCCCCCCCCCCCCCCCCN(C(=S)[S-])C(C)C.S=C([S-])NCc1ccccc1.[Zn+2].[Zn+2].[Zn+2]. The van der Waals surface area contributed by atoms with Gasteiger partial charge in [0.2, 0.25) is 0 Å². The van der Waals surface area contributed by atoms with E-state index in [4.69, 9.17) is 49.7 Å². The van der Waals surface area contributed by atoms with Crippen molar-refractivity contribution < 1.29 is 58.4 Å². The van der Waals surface area contributed by atoms with Crippen LogP contribution in [0.1, 0.15) is 129 Å². The fourth-order valence-corrected chi connectivity index (χ4v) is 4.91. The Hall–Kier alpha value is 1.31. The summed E-state index contributed by atoms with van der Waals surface area (Å²) in [5.41, 5.74) is 1.19. The van der Waals surface area contributed by atoms with Crippen LogP contribution in [0, 0.1) is 0 Å². The van der Waals surface area contributed by atoms with Crippen molar-refractivity contribution in [3.8, 4) is 0 Å². The largest absolute Gasteiger partial charge is 2.00 e. The van der Waals surface area contributed by atoms with Gasteiger partial charge in [0, 0.05) is 19.1 Å². The van der Waals surface area contributed by atoms with E-state index in [1.54, 1.807) is 0 Å². The Morgan fingerprint density at radius 1 is 0.692 bits per heavy atom. The maximum absolute atomic E-state index is 5.14. The molecule has 208 valence electrons. The van der Waals surface area contributed by atoms with E-state index < -0.39 is 0 Å². The number of unbranched alkanes of at least 4 members (excludes halogenated alkanes) is 15. The second-order valence-electron chi connectivity index (χ2n) is 9.98. The number of benzene rings is 1. The zero-order valence-corrected chi connectivity index (χ0v) is 37.6. The maximum atomic E-state index is 5.14. The van der Waals surface area contributed by atoms with Gasteiger partial charge in [0.25, 0.3) is 0 Å². The zero-order chi connectivity index (χ0) is 26.9. The predicted octanol–water partition coefficient (Wildman–Crippen LogP) is 9.39. The number of hydrogen-bond donors (Lipinski definition) is 1. The van der Waals surface area contributed by atoms with Crippen LogP contribution in [-0.2, 0) is 90.2 Å². The number of thiocarbonyl (C=S) groups is 2. The van der Waals surface area contributed by atoms with Crippen LogP contribution in [-0.4, -0.2) is 26.1 Å². The van der Waals surface area contributed by atoms with Gasteiger partial charge in [-0.3, -0.25) is 0 Å². The molecule has 1 aromatic carbocycles. The number of nitrogens with zero attached hydrogens (tertiary/aromatic N) is 1. The van der Waals surface area contributed by atoms with E-state index in [9.17, 15) is 0 Å². The van der Waals surface area contributed by atoms with Crippen molar-refractivity contribution in [1.82, 2.24) is 10.2 Å². The number of nitrogens with one attached hydrogen (secondary N) is 1. The summed E-state index contributed by atoms with van der Waals surface area (Å²) >= 11 is 19.7. The molecule has 1 rings (SSSR count). The minimum Gasteiger partial charge on any atom is -0.412 e. The molecule has 39 heavy (non-hydrogen) atoms. The van der Waals surface area contributed by atoms with Gasteiger partial charge in [-0.2, -0.15) is 0 Å². The van der Waals surface area contributed by atoms with Crippen molar-refractivity contribution in [2.75, 3.05) is 6.54 Å². The van der Waals surface area contributed by atoms with Gasteiger partial charge >= 0.3 is 58.4 Å². The second-order valence-corrected chi connectivity index (χ2v) is 12.1. The summed E-state index contributed by atoms with van der Waals surface area (Å²) in [5.74, 6) is 0. The Kier molecular flexibility index (Phi) is 43.0. The maximum Gasteiger partial charge on any atom is 2.00 e. The summed E-state index contributed by atoms with van der Waals surface area (Å²) in [6.45, 7) is 8.40. The Bertz CT molecular complexity index is 652. The van der Waals surface area contributed by atoms with Crippen molar-refractivity contribution in [2.24, 2.45) is 0 Å². The Morgan fingerprint density at radius 2 is 1.08 bits per heavy atom. The molecule has 0 aliphatic rings. The fourth-order valence-electron chi connectivity index (χ4n) is 4.16. The molecule has 0 fully saturated rings. The van der Waals surface area contributed by atoms with E-state index in [-0.39, 0.29) is 58.4 Å². The van der Waals surface area contributed by atoms with Gasteiger partial charge in [0.15, 0.2) is 0 Å². The van der Waals surface area contributed by atoms with Gasteiger partial charge in [-0.05, 0) is 25.8 Å². The Morgan fingerprint density at radius 3 is 1.41 bits per heavy atom. The van der Waals surface area contributed by atoms with Gasteiger partial charge in [-0.25, -0.2) is 0 Å². The minimum atomic E-state index is 0. The van der Waals surface area contributed by atoms with Crippen molar-refractivity contribution in [1.29, 1.82) is 0 Å². The van der Waals surface area contributed by atoms with Gasteiger partial charge in [0.1, 0.15) is 0 Å². The van der Waals surface area contributed by atoms with E-state index >= 15 is 0 Å². The molecule has 9 heteroatoms. The predicted molar refractivity (Wildman–Crippen MR) is 175 cm³/mol. The van der Waals surface area contributed by atoms with Crippen molar-refractivity contribution in [3.05, 3.63) is 35.9 Å². The third-order valence-corrected chi connectivity index (χ3v) is 7.15. The second kappa shape index (κ2) is 35.5. The number of rotatable bonds is 20. The summed E-state index contributed by atoms with van der Waals surface area (Å²) in [6.07, 6.45) is 22.6. The van der Waals surface area contributed by atoms with Crippen molar-refractivity contribution in [2.45, 2.75) is 136 Å². The van der Waals surface area contributed by atoms with Crippen LogP contribution >= 0.6 is 24.4 Å². The van der Waals surface area contributed by atoms with Gasteiger partial charge in [0.05, 0.1) is 0 Å². The molecule has 0 atom stereocenters. The average Bonchev–Trinajstić information content (AvgIpc) is 2.85. The fraction of sp³-hybridized carbons (Fsp3) is 0.733. The summed E-state index contributed by atoms with van der Waals surface area (Å²) in [7, 11) is 0. The molecule has 1 aromatic rings. The summed E-state index contributed by atoms with van der Waals surface area (Å²) in [6, 6.07) is 10.5. The van der Waals surface area contributed by atoms with Gasteiger partial charge in [-0.15, -0.1) is 0 Å². The first-order valence-corrected chi connectivity index (χ1v) is 16.0. The van der Waals surface area contributed by atoms with E-state index in [1.165, 1.54) is 108 Å². The molecule has 0 radical (unpaired) electrons. The van der Waals surface area contributed by atoms with Crippen LogP contribution in [0.15, 0.2) is 30.3 Å². The van der Waals surface area contributed by atoms with E-state index in [1.807, 2.05) is 30.3 Å². The molecule has 0 aromatic heterocycles. The summed E-state index contributed by atoms with van der Waals surface area (Å²) < 4.78 is 1.06. The standard InChI is InChI=1S/C22H45NS2.C8H9NS2.3Zn/c1-4-5-6-7-8-9-10-11-12-13-14-15-16-17-18-19-20-23(21(2)3)22(24)25;10-8(11)9-6-7-4-2-1-3-5-7;;;/h21H,4-20H2,1-3H3,(H,24,25);1-5H,6H2,(H2,9,10,11);;;/q;;3*+2/p-2. The smallest absolute Gasteiger partial charge is 0.412 e. The monoisotopic (exact) mass is 760 g/mol. The normalized spacial score (nSPS) is 9.74. The minimum absolute atomic E-state index is 0. The molecule has 0 saturated carbocycles. The quantitative estimate of drug-likeness (QED) is 0.0612. The van der Waals surface area contributed by atoms with Crippen LogP contribution in [0.2, 0.25) is 0 Å². The first kappa shape index (κ1) is 47.2. The molecule has 2 nitrogen and oxygen atoms in total. The first-order chi connectivity index (χ1) is 17.4. The number of hydrogen-bond acceptors (Lipinski definition) is 4. The molecule has 0 aliphatic heterocycles. The first-order valence-electron chi connectivity index (χ1n) is 14.3. The van der Waals surface area contributed by atoms with Crippen LogP contribution in [0.25, 0.3) is 0 Å². The molecule has 0 bridgehead atoms. The van der Waals surface area contributed by atoms with E-state index in [2.05, 4.69) is 31.0 Å². The van der Waals surface area contributed by atoms with E-state index in [0.29, 0.717) is 14.7 Å². The molecule has 0 aliphatic carbocycles. The van der Waals surface area contributed by atoms with Gasteiger partial charge in [-0.1, -0.05) is 142 Å². The van der Waals surface area contributed by atoms with Crippen LogP contribution in [0.3, 0.4) is 0 Å². The van der Waals surface area contributed by atoms with E-state index in [0.717, 1.165) is 13.1 Å². The molecule has 0 saturated heterocycles. The van der Waals surface area contributed by atoms with Crippen LogP contribution < -0.4 is 5.32 Å². The Balaban J connectivity index is -0.000000369. The Labute approximate surface area is 302 Å². The third kappa shape index (κ3) is 33.7. The molecule has 0 unspecified atom stereocenters. The van der Waals surface area contributed by atoms with Crippen molar-refractivity contribution >= 4 is 58.3 Å². The van der Waals surface area contributed by atoms with Crippen LogP contribution in [0.4, 0.5) is 0 Å². The topological polar surface area (TPSA) is 15.3 Å². The third-order valence-electron chi connectivity index (χ3n) is 6.39. The zero-order valence-electron chi connectivity index (χ0n) is 25.4. The molecule has 0 amide bonds. The molecule has 1 N–H and O–H groups in total. The van der Waals surface area contributed by atoms with Crippen molar-refractivity contribution in [3.63, 3.8) is 0 Å². The molecule has 0 heterocycles. The molecule has 0 spiro atoms. The van der Waals surface area contributed by atoms with Crippen LogP contribution in [0.5, 0.6) is 0 Å². The summed E-state index contributed by atoms with van der Waals surface area (Å²) in [4.78, 5) is 2.18. The average molecular weight is 765 g/mol. The van der Waals surface area contributed by atoms with Gasteiger partial charge < -0.3 is 59.9 Å². The molecular weight excluding hydrogens is 713 g/mol.